The van der Waals surface area contributed by atoms with Crippen molar-refractivity contribution in [3.8, 4) is 22.8 Å². The van der Waals surface area contributed by atoms with Crippen molar-refractivity contribution < 1.29 is 4.42 Å². The molecule has 0 spiro atoms. The normalized spacial score (nSPS) is 12.2. The molecule has 0 atom stereocenters. The van der Waals surface area contributed by atoms with Gasteiger partial charge in [-0.25, -0.2) is 9.97 Å². The van der Waals surface area contributed by atoms with Crippen LogP contribution in [0, 0.1) is 0 Å². The quantitative estimate of drug-likeness (QED) is 0.187. The van der Waals surface area contributed by atoms with Crippen LogP contribution in [0.2, 0.25) is 0 Å². The lowest BCUT2D eigenvalue weighted by molar-refractivity contribution is 0.669. The zero-order valence-corrected chi connectivity index (χ0v) is 28.4. The lowest BCUT2D eigenvalue weighted by atomic mass is 10.0. The predicted octanol–water partition coefficient (Wildman–Crippen LogP) is 12.5. The van der Waals surface area contributed by atoms with E-state index in [1.54, 1.807) is 0 Å². The van der Waals surface area contributed by atoms with Crippen molar-refractivity contribution >= 4 is 87.4 Å². The van der Waals surface area contributed by atoms with Crippen LogP contribution < -0.4 is 0 Å². The molecule has 53 heavy (non-hydrogen) atoms. The van der Waals surface area contributed by atoms with Crippen molar-refractivity contribution in [3.63, 3.8) is 0 Å². The first-order chi connectivity index (χ1) is 26.3. The highest BCUT2D eigenvalue weighted by Crippen LogP contribution is 2.42. The summed E-state index contributed by atoms with van der Waals surface area (Å²) in [7, 11) is 0. The van der Waals surface area contributed by atoms with Gasteiger partial charge in [-0.15, -0.1) is 0 Å². The Morgan fingerprint density at radius 2 is 1.04 bits per heavy atom. The van der Waals surface area contributed by atoms with Gasteiger partial charge in [0.1, 0.15) is 16.9 Å². The maximum absolute atomic E-state index is 6.39. The summed E-state index contributed by atoms with van der Waals surface area (Å²) in [6.45, 7) is 0. The lowest BCUT2D eigenvalue weighted by Gasteiger charge is -2.15. The molecular weight excluding hydrogens is 649 g/mol. The van der Waals surface area contributed by atoms with E-state index in [-0.39, 0.29) is 0 Å². The molecule has 0 radical (unpaired) electrons. The zero-order chi connectivity index (χ0) is 34.6. The molecule has 0 N–H and O–H groups in total. The van der Waals surface area contributed by atoms with Crippen LogP contribution in [0.1, 0.15) is 0 Å². The zero-order valence-electron chi connectivity index (χ0n) is 28.4. The van der Waals surface area contributed by atoms with Gasteiger partial charge in [-0.1, -0.05) is 109 Å². The van der Waals surface area contributed by atoms with Crippen molar-refractivity contribution in [1.29, 1.82) is 0 Å². The molecular formula is C48H28N4O. The minimum absolute atomic E-state index is 0.772. The topological polar surface area (TPSA) is 48.8 Å². The first-order valence-electron chi connectivity index (χ1n) is 17.9. The van der Waals surface area contributed by atoms with Gasteiger partial charge in [-0.2, -0.15) is 0 Å². The first kappa shape index (κ1) is 28.5. The number of rotatable bonds is 3. The molecule has 0 saturated heterocycles. The second kappa shape index (κ2) is 10.6. The van der Waals surface area contributed by atoms with Gasteiger partial charge in [0.25, 0.3) is 0 Å². The van der Waals surface area contributed by atoms with Crippen molar-refractivity contribution in [2.24, 2.45) is 0 Å². The van der Waals surface area contributed by atoms with E-state index < -0.39 is 0 Å². The Labute approximate surface area is 302 Å². The van der Waals surface area contributed by atoms with E-state index in [4.69, 9.17) is 14.4 Å². The van der Waals surface area contributed by atoms with E-state index in [2.05, 4.69) is 143 Å². The SMILES string of the molecule is c1ccc2c(c1)ccc1c2c2ccc(-n3c4ccccc4c4ccccc43)cc2n1-c1nc2ccccc2nc1-c1ccc2c(c1)oc1ccccc12. The van der Waals surface area contributed by atoms with Gasteiger partial charge in [0, 0.05) is 43.6 Å². The Hall–Kier alpha value is -7.24. The summed E-state index contributed by atoms with van der Waals surface area (Å²) >= 11 is 0. The molecule has 0 bridgehead atoms. The van der Waals surface area contributed by atoms with Crippen molar-refractivity contribution in [1.82, 2.24) is 19.1 Å². The second-order valence-electron chi connectivity index (χ2n) is 13.8. The fourth-order valence-electron chi connectivity index (χ4n) is 8.56. The van der Waals surface area contributed by atoms with Gasteiger partial charge < -0.3 is 8.98 Å². The Morgan fingerprint density at radius 3 is 1.85 bits per heavy atom. The molecule has 12 rings (SSSR count). The number of fused-ring (bicyclic) bond motifs is 12. The fourth-order valence-corrected chi connectivity index (χ4v) is 8.56. The van der Waals surface area contributed by atoms with Crippen LogP contribution >= 0.6 is 0 Å². The minimum Gasteiger partial charge on any atom is -0.456 e. The van der Waals surface area contributed by atoms with Crippen LogP contribution in [0.3, 0.4) is 0 Å². The van der Waals surface area contributed by atoms with Crippen LogP contribution in [0.25, 0.3) is 110 Å². The molecule has 4 aromatic heterocycles. The Balaban J connectivity index is 1.22. The van der Waals surface area contributed by atoms with E-state index >= 15 is 0 Å². The molecule has 246 valence electrons. The Morgan fingerprint density at radius 1 is 0.396 bits per heavy atom. The van der Waals surface area contributed by atoms with Crippen molar-refractivity contribution in [2.45, 2.75) is 0 Å². The van der Waals surface area contributed by atoms with Crippen molar-refractivity contribution in [3.05, 3.63) is 170 Å². The largest absolute Gasteiger partial charge is 0.456 e. The number of hydrogen-bond acceptors (Lipinski definition) is 3. The summed E-state index contributed by atoms with van der Waals surface area (Å²) in [5, 5.41) is 9.42. The van der Waals surface area contributed by atoms with Crippen LogP contribution in [0.4, 0.5) is 0 Å². The summed E-state index contributed by atoms with van der Waals surface area (Å²) in [5.74, 6) is 0.772. The molecule has 0 aliphatic rings. The van der Waals surface area contributed by atoms with Crippen LogP contribution in [-0.2, 0) is 0 Å². The lowest BCUT2D eigenvalue weighted by Crippen LogP contribution is -2.04. The van der Waals surface area contributed by atoms with Gasteiger partial charge in [-0.3, -0.25) is 4.57 Å². The number of aromatic nitrogens is 4. The van der Waals surface area contributed by atoms with E-state index in [9.17, 15) is 0 Å². The first-order valence-corrected chi connectivity index (χ1v) is 17.9. The molecule has 0 aliphatic carbocycles. The van der Waals surface area contributed by atoms with Gasteiger partial charge in [0.05, 0.1) is 33.1 Å². The van der Waals surface area contributed by atoms with Crippen LogP contribution in [0.15, 0.2) is 174 Å². The molecule has 0 amide bonds. The van der Waals surface area contributed by atoms with E-state index in [1.165, 1.54) is 38.0 Å². The van der Waals surface area contributed by atoms with Gasteiger partial charge >= 0.3 is 0 Å². The number of para-hydroxylation sites is 5. The van der Waals surface area contributed by atoms with E-state index in [0.717, 1.165) is 72.2 Å². The third kappa shape index (κ3) is 4.02. The summed E-state index contributed by atoms with van der Waals surface area (Å²) in [5.41, 5.74) is 10.7. The molecule has 4 heterocycles. The van der Waals surface area contributed by atoms with Crippen LogP contribution in [-0.4, -0.2) is 19.1 Å². The summed E-state index contributed by atoms with van der Waals surface area (Å²) in [6, 6.07) is 60.1. The van der Waals surface area contributed by atoms with Crippen molar-refractivity contribution in [2.75, 3.05) is 0 Å². The number of nitrogens with zero attached hydrogens (tertiary/aromatic N) is 4. The van der Waals surface area contributed by atoms with E-state index in [0.29, 0.717) is 0 Å². The molecule has 8 aromatic carbocycles. The predicted molar refractivity (Wildman–Crippen MR) is 218 cm³/mol. The molecule has 12 aromatic rings. The average molecular weight is 677 g/mol. The molecule has 0 saturated carbocycles. The molecule has 5 nitrogen and oxygen atoms in total. The summed E-state index contributed by atoms with van der Waals surface area (Å²) in [4.78, 5) is 10.8. The molecule has 0 aliphatic heterocycles. The monoisotopic (exact) mass is 676 g/mol. The standard InChI is InChI=1S/C48H28N4O/c1-2-12-32-29(11-1)22-26-42-46(32)37-25-23-31(51-40-18-8-3-13-33(40)34-14-4-9-19-41(34)51)28-43(37)52(42)48-47(49-38-16-6-7-17-39(38)50-48)30-21-24-36-35-15-5-10-20-44(35)53-45(36)27-30/h1-28H. The van der Waals surface area contributed by atoms with Gasteiger partial charge in [0.15, 0.2) is 5.82 Å². The minimum atomic E-state index is 0.772. The van der Waals surface area contributed by atoms with E-state index in [1.807, 2.05) is 36.4 Å². The highest BCUT2D eigenvalue weighted by atomic mass is 16.3. The van der Waals surface area contributed by atoms with Gasteiger partial charge in [-0.05, 0) is 71.4 Å². The Kier molecular flexibility index (Phi) is 5.71. The fraction of sp³-hybridized carbons (Fsp3) is 0. The number of hydrogen-bond donors (Lipinski definition) is 0. The second-order valence-corrected chi connectivity index (χ2v) is 13.8. The summed E-state index contributed by atoms with van der Waals surface area (Å²) in [6.07, 6.45) is 0. The molecule has 0 unspecified atom stereocenters. The average Bonchev–Trinajstić information content (AvgIpc) is 3.87. The number of furan rings is 1. The number of benzene rings is 8. The highest BCUT2D eigenvalue weighted by molar-refractivity contribution is 6.22. The maximum Gasteiger partial charge on any atom is 0.165 e. The highest BCUT2D eigenvalue weighted by Gasteiger charge is 2.22. The molecule has 0 fully saturated rings. The summed E-state index contributed by atoms with van der Waals surface area (Å²) < 4.78 is 11.1. The van der Waals surface area contributed by atoms with Gasteiger partial charge in [0.2, 0.25) is 0 Å². The van der Waals surface area contributed by atoms with Crippen LogP contribution in [0.5, 0.6) is 0 Å². The molecule has 5 heteroatoms. The third-order valence-electron chi connectivity index (χ3n) is 10.9. The maximum atomic E-state index is 6.39. The Bertz CT molecular complexity index is 3420. The third-order valence-corrected chi connectivity index (χ3v) is 10.9. The smallest absolute Gasteiger partial charge is 0.165 e.